The summed E-state index contributed by atoms with van der Waals surface area (Å²) in [6.07, 6.45) is 1.71. The molecule has 2 N–H and O–H groups in total. The summed E-state index contributed by atoms with van der Waals surface area (Å²) in [5.74, 6) is -0.474. The summed E-state index contributed by atoms with van der Waals surface area (Å²) in [4.78, 5) is 0. The molecule has 1 nitrogen and oxygen atoms in total. The van der Waals surface area contributed by atoms with Gasteiger partial charge in [0.1, 0.15) is 5.82 Å². The van der Waals surface area contributed by atoms with Gasteiger partial charge in [-0.15, -0.1) is 0 Å². The fourth-order valence-corrected chi connectivity index (χ4v) is 1.81. The van der Waals surface area contributed by atoms with E-state index in [1.54, 1.807) is 0 Å². The van der Waals surface area contributed by atoms with Crippen LogP contribution in [0.25, 0.3) is 0 Å². The van der Waals surface area contributed by atoms with Gasteiger partial charge in [-0.05, 0) is 24.1 Å². The van der Waals surface area contributed by atoms with Crippen molar-refractivity contribution in [2.24, 2.45) is 5.73 Å². The second-order valence-electron chi connectivity index (χ2n) is 3.18. The van der Waals surface area contributed by atoms with E-state index >= 15 is 0 Å². The van der Waals surface area contributed by atoms with Crippen LogP contribution in [0.2, 0.25) is 10.0 Å². The highest BCUT2D eigenvalue weighted by Crippen LogP contribution is 2.29. The first-order valence-electron chi connectivity index (χ1n) is 4.46. The highest BCUT2D eigenvalue weighted by Gasteiger charge is 2.12. The molecule has 1 atom stereocenters. The zero-order valence-electron chi connectivity index (χ0n) is 7.86. The lowest BCUT2D eigenvalue weighted by Crippen LogP contribution is -2.10. The quantitative estimate of drug-likeness (QED) is 0.790. The first-order chi connectivity index (χ1) is 6.56. The zero-order chi connectivity index (χ0) is 10.7. The second kappa shape index (κ2) is 4.96. The standard InChI is InChI=1S/C10H12Cl2FN/c1-2-3-10(14)6-4-9(13)8(12)5-7(6)11/h4-5,10H,2-3,14H2,1H3/t10-/m1/s1. The van der Waals surface area contributed by atoms with Gasteiger partial charge in [-0.3, -0.25) is 0 Å². The van der Waals surface area contributed by atoms with Crippen LogP contribution in [0.3, 0.4) is 0 Å². The lowest BCUT2D eigenvalue weighted by Gasteiger charge is -2.13. The van der Waals surface area contributed by atoms with Crippen LogP contribution in [0.15, 0.2) is 12.1 Å². The molecule has 0 aliphatic rings. The molecule has 0 spiro atoms. The summed E-state index contributed by atoms with van der Waals surface area (Å²) in [5, 5.41) is 0.458. The summed E-state index contributed by atoms with van der Waals surface area (Å²) in [7, 11) is 0. The van der Waals surface area contributed by atoms with Crippen LogP contribution in [0.1, 0.15) is 31.4 Å². The first-order valence-corrected chi connectivity index (χ1v) is 5.21. The molecule has 0 aliphatic carbocycles. The molecule has 4 heteroatoms. The van der Waals surface area contributed by atoms with E-state index in [1.165, 1.54) is 12.1 Å². The Balaban J connectivity index is 3.02. The number of hydrogen-bond acceptors (Lipinski definition) is 1. The average molecular weight is 236 g/mol. The Bertz CT molecular complexity index is 328. The lowest BCUT2D eigenvalue weighted by molar-refractivity contribution is 0.606. The molecular formula is C10H12Cl2FN. The highest BCUT2D eigenvalue weighted by molar-refractivity contribution is 6.35. The SMILES string of the molecule is CCC[C@@H](N)c1cc(F)c(Cl)cc1Cl. The van der Waals surface area contributed by atoms with Crippen molar-refractivity contribution >= 4 is 23.2 Å². The van der Waals surface area contributed by atoms with E-state index in [0.29, 0.717) is 10.6 Å². The topological polar surface area (TPSA) is 26.0 Å². The molecule has 0 aromatic heterocycles. The Labute approximate surface area is 93.0 Å². The molecule has 78 valence electrons. The Morgan fingerprint density at radius 1 is 1.36 bits per heavy atom. The molecule has 0 saturated heterocycles. The Kier molecular flexibility index (Phi) is 4.17. The van der Waals surface area contributed by atoms with Crippen LogP contribution in [0, 0.1) is 5.82 Å². The van der Waals surface area contributed by atoms with Gasteiger partial charge < -0.3 is 5.73 Å². The molecule has 1 aromatic carbocycles. The number of halogens is 3. The summed E-state index contributed by atoms with van der Waals surface area (Å²) in [6, 6.07) is 2.48. The minimum atomic E-state index is -0.474. The molecule has 1 aromatic rings. The van der Waals surface area contributed by atoms with Crippen molar-refractivity contribution in [2.45, 2.75) is 25.8 Å². The van der Waals surface area contributed by atoms with E-state index in [9.17, 15) is 4.39 Å². The first kappa shape index (κ1) is 11.8. The van der Waals surface area contributed by atoms with Gasteiger partial charge in [-0.2, -0.15) is 0 Å². The van der Waals surface area contributed by atoms with E-state index in [2.05, 4.69) is 0 Å². The van der Waals surface area contributed by atoms with Crippen LogP contribution < -0.4 is 5.73 Å². The maximum Gasteiger partial charge on any atom is 0.142 e. The molecule has 0 fully saturated rings. The fraction of sp³-hybridized carbons (Fsp3) is 0.400. The van der Waals surface area contributed by atoms with Crippen molar-refractivity contribution in [2.75, 3.05) is 0 Å². The van der Waals surface area contributed by atoms with E-state index < -0.39 is 5.82 Å². The molecule has 0 aliphatic heterocycles. The van der Waals surface area contributed by atoms with E-state index in [0.717, 1.165) is 12.8 Å². The highest BCUT2D eigenvalue weighted by atomic mass is 35.5. The summed E-state index contributed by atoms with van der Waals surface area (Å²) >= 11 is 11.5. The maximum absolute atomic E-state index is 13.1. The van der Waals surface area contributed by atoms with Crippen LogP contribution in [0.5, 0.6) is 0 Å². The van der Waals surface area contributed by atoms with Crippen molar-refractivity contribution in [3.8, 4) is 0 Å². The van der Waals surface area contributed by atoms with Crippen molar-refractivity contribution in [1.29, 1.82) is 0 Å². The number of nitrogens with two attached hydrogens (primary N) is 1. The number of hydrogen-bond donors (Lipinski definition) is 1. The van der Waals surface area contributed by atoms with E-state index in [-0.39, 0.29) is 11.1 Å². The predicted molar refractivity (Wildman–Crippen MR) is 58.3 cm³/mol. The van der Waals surface area contributed by atoms with Crippen LogP contribution >= 0.6 is 23.2 Å². The third-order valence-electron chi connectivity index (χ3n) is 2.04. The molecule has 1 rings (SSSR count). The van der Waals surface area contributed by atoms with Gasteiger partial charge in [0.2, 0.25) is 0 Å². The van der Waals surface area contributed by atoms with Gasteiger partial charge in [0, 0.05) is 11.1 Å². The summed E-state index contributed by atoms with van der Waals surface area (Å²) in [5.41, 5.74) is 6.45. The smallest absolute Gasteiger partial charge is 0.142 e. The normalized spacial score (nSPS) is 12.9. The number of benzene rings is 1. The van der Waals surface area contributed by atoms with E-state index in [4.69, 9.17) is 28.9 Å². The van der Waals surface area contributed by atoms with Gasteiger partial charge in [0.15, 0.2) is 0 Å². The molecule has 0 saturated carbocycles. The molecule has 0 heterocycles. The van der Waals surface area contributed by atoms with E-state index in [1.807, 2.05) is 6.92 Å². The largest absolute Gasteiger partial charge is 0.324 e. The molecule has 0 unspecified atom stereocenters. The number of rotatable bonds is 3. The van der Waals surface area contributed by atoms with Gasteiger partial charge in [0.25, 0.3) is 0 Å². The zero-order valence-corrected chi connectivity index (χ0v) is 9.37. The third-order valence-corrected chi connectivity index (χ3v) is 2.66. The fourth-order valence-electron chi connectivity index (χ4n) is 1.29. The van der Waals surface area contributed by atoms with Crippen molar-refractivity contribution < 1.29 is 4.39 Å². The van der Waals surface area contributed by atoms with Crippen molar-refractivity contribution in [3.63, 3.8) is 0 Å². The molecule has 0 amide bonds. The minimum absolute atomic E-state index is 0.0300. The predicted octanol–water partition coefficient (Wildman–Crippen LogP) is 3.93. The molecular weight excluding hydrogens is 224 g/mol. The summed E-state index contributed by atoms with van der Waals surface area (Å²) in [6.45, 7) is 2.01. The monoisotopic (exact) mass is 235 g/mol. The van der Waals surface area contributed by atoms with Gasteiger partial charge >= 0.3 is 0 Å². The third kappa shape index (κ3) is 2.59. The molecule has 14 heavy (non-hydrogen) atoms. The van der Waals surface area contributed by atoms with Gasteiger partial charge in [-0.1, -0.05) is 36.5 Å². The van der Waals surface area contributed by atoms with Gasteiger partial charge in [0.05, 0.1) is 5.02 Å². The Morgan fingerprint density at radius 3 is 2.57 bits per heavy atom. The van der Waals surface area contributed by atoms with Crippen LogP contribution in [-0.2, 0) is 0 Å². The molecule has 0 bridgehead atoms. The van der Waals surface area contributed by atoms with Crippen molar-refractivity contribution in [1.82, 2.24) is 0 Å². The Morgan fingerprint density at radius 2 is 2.00 bits per heavy atom. The van der Waals surface area contributed by atoms with Crippen LogP contribution in [-0.4, -0.2) is 0 Å². The van der Waals surface area contributed by atoms with Crippen molar-refractivity contribution in [3.05, 3.63) is 33.6 Å². The van der Waals surface area contributed by atoms with Gasteiger partial charge in [-0.25, -0.2) is 4.39 Å². The second-order valence-corrected chi connectivity index (χ2v) is 4.00. The Hall–Kier alpha value is -0.310. The van der Waals surface area contributed by atoms with Crippen LogP contribution in [0.4, 0.5) is 4.39 Å². The maximum atomic E-state index is 13.1. The summed E-state index contributed by atoms with van der Waals surface area (Å²) < 4.78 is 13.1. The minimum Gasteiger partial charge on any atom is -0.324 e. The lowest BCUT2D eigenvalue weighted by atomic mass is 10.0. The molecule has 0 radical (unpaired) electrons. The average Bonchev–Trinajstić information content (AvgIpc) is 2.11.